The molecule has 1 N–H and O–H groups in total. The number of hydrogen-bond acceptors (Lipinski definition) is 4. The Hall–Kier alpha value is -3.48. The number of para-hydroxylation sites is 2. The van der Waals surface area contributed by atoms with Crippen molar-refractivity contribution in [1.82, 2.24) is 24.6 Å². The minimum Gasteiger partial charge on any atom is -0.340 e. The smallest absolute Gasteiger partial charge is 0.274 e. The summed E-state index contributed by atoms with van der Waals surface area (Å²) < 4.78 is 3.39. The van der Waals surface area contributed by atoms with E-state index in [4.69, 9.17) is 4.98 Å². The number of aromatic nitrogens is 4. The first kappa shape index (κ1) is 20.8. The van der Waals surface area contributed by atoms with Gasteiger partial charge in [-0.15, -0.1) is 0 Å². The van der Waals surface area contributed by atoms with Gasteiger partial charge in [-0.3, -0.25) is 9.59 Å². The molecule has 7 heteroatoms. The Morgan fingerprint density at radius 1 is 0.968 bits per heavy atom. The van der Waals surface area contributed by atoms with E-state index in [1.54, 1.807) is 31.3 Å². The van der Waals surface area contributed by atoms with Crippen molar-refractivity contribution in [2.24, 2.45) is 13.0 Å². The van der Waals surface area contributed by atoms with Crippen LogP contribution in [0.3, 0.4) is 0 Å². The van der Waals surface area contributed by atoms with Crippen LogP contribution >= 0.6 is 0 Å². The Morgan fingerprint density at radius 2 is 1.61 bits per heavy atom. The Labute approximate surface area is 180 Å². The summed E-state index contributed by atoms with van der Waals surface area (Å²) in [6.45, 7) is 8.33. The quantitative estimate of drug-likeness (QED) is 0.532. The molecule has 0 aliphatic carbocycles. The number of imidazole rings is 1. The van der Waals surface area contributed by atoms with Crippen molar-refractivity contribution in [3.05, 3.63) is 70.4 Å². The number of aryl methyl sites for hydroxylation is 1. The molecule has 2 heterocycles. The molecule has 160 valence electrons. The van der Waals surface area contributed by atoms with E-state index >= 15 is 0 Å². The number of carbonyl (C=O) groups is 1. The Kier molecular flexibility index (Phi) is 5.35. The lowest BCUT2D eigenvalue weighted by atomic mass is 10.0. The van der Waals surface area contributed by atoms with Crippen LogP contribution in [-0.4, -0.2) is 25.2 Å². The molecule has 1 atom stereocenters. The molecule has 7 nitrogen and oxygen atoms in total. The topological polar surface area (TPSA) is 81.8 Å². The van der Waals surface area contributed by atoms with Crippen LogP contribution in [0.25, 0.3) is 21.8 Å². The molecule has 0 aliphatic heterocycles. The van der Waals surface area contributed by atoms with Gasteiger partial charge in [0.15, 0.2) is 5.69 Å². The van der Waals surface area contributed by atoms with Gasteiger partial charge in [0, 0.05) is 18.5 Å². The zero-order valence-corrected chi connectivity index (χ0v) is 18.5. The largest absolute Gasteiger partial charge is 0.340 e. The first-order valence-electron chi connectivity index (χ1n) is 10.5. The molecule has 2 aromatic carbocycles. The number of carbonyl (C=O) groups excluding carboxylic acids is 1. The fraction of sp³-hybridized carbons (Fsp3) is 0.333. The molecule has 0 spiro atoms. The van der Waals surface area contributed by atoms with E-state index in [0.29, 0.717) is 10.8 Å². The molecule has 0 saturated heterocycles. The van der Waals surface area contributed by atoms with E-state index < -0.39 is 0 Å². The van der Waals surface area contributed by atoms with E-state index in [0.717, 1.165) is 16.9 Å². The first-order valence-corrected chi connectivity index (χ1v) is 10.5. The number of amides is 1. The summed E-state index contributed by atoms with van der Waals surface area (Å²) in [7, 11) is 1.56. The average molecular weight is 418 g/mol. The van der Waals surface area contributed by atoms with Crippen LogP contribution in [0, 0.1) is 5.92 Å². The van der Waals surface area contributed by atoms with E-state index in [1.807, 2.05) is 24.3 Å². The van der Waals surface area contributed by atoms with Gasteiger partial charge in [0.05, 0.1) is 22.5 Å². The summed E-state index contributed by atoms with van der Waals surface area (Å²) in [6, 6.07) is 14.9. The van der Waals surface area contributed by atoms with Crippen molar-refractivity contribution < 1.29 is 4.79 Å². The molecule has 0 bridgehead atoms. The van der Waals surface area contributed by atoms with Gasteiger partial charge in [-0.05, 0) is 38.0 Å². The molecule has 0 saturated carbocycles. The lowest BCUT2D eigenvalue weighted by molar-refractivity contribution is 0.0916. The van der Waals surface area contributed by atoms with Gasteiger partial charge in [-0.2, -0.15) is 5.10 Å². The molecule has 4 aromatic rings. The fourth-order valence-corrected chi connectivity index (χ4v) is 4.03. The first-order chi connectivity index (χ1) is 14.8. The van der Waals surface area contributed by atoms with Crippen LogP contribution in [0.5, 0.6) is 0 Å². The molecule has 0 unspecified atom stereocenters. The zero-order valence-electron chi connectivity index (χ0n) is 18.5. The van der Waals surface area contributed by atoms with Gasteiger partial charge in [0.2, 0.25) is 0 Å². The van der Waals surface area contributed by atoms with Crippen LogP contribution in [0.15, 0.2) is 53.3 Å². The predicted octanol–water partition coefficient (Wildman–Crippen LogP) is 3.99. The molecule has 2 aromatic heterocycles. The maximum atomic E-state index is 13.4. The summed E-state index contributed by atoms with van der Waals surface area (Å²) in [5, 5.41) is 8.43. The number of fused-ring (bicyclic) bond motifs is 2. The van der Waals surface area contributed by atoms with Gasteiger partial charge in [-0.1, -0.05) is 44.2 Å². The van der Waals surface area contributed by atoms with Crippen LogP contribution < -0.4 is 10.9 Å². The summed E-state index contributed by atoms with van der Waals surface area (Å²) in [6.07, 6.45) is 0. The van der Waals surface area contributed by atoms with Crippen LogP contribution in [0.4, 0.5) is 0 Å². The minimum absolute atomic E-state index is 0.0945. The lowest BCUT2D eigenvalue weighted by Gasteiger charge is -2.25. The van der Waals surface area contributed by atoms with Crippen LogP contribution in [-0.2, 0) is 7.05 Å². The molecular weight excluding hydrogens is 390 g/mol. The third kappa shape index (κ3) is 3.60. The van der Waals surface area contributed by atoms with Crippen molar-refractivity contribution in [3.63, 3.8) is 0 Å². The number of nitrogens with one attached hydrogen (secondary N) is 1. The Bertz CT molecular complexity index is 1330. The number of hydrogen-bond donors (Lipinski definition) is 1. The summed E-state index contributed by atoms with van der Waals surface area (Å²) in [5.41, 5.74) is 1.94. The van der Waals surface area contributed by atoms with Crippen LogP contribution in [0.1, 0.15) is 56.1 Å². The minimum atomic E-state index is -0.326. The third-order valence-corrected chi connectivity index (χ3v) is 5.54. The van der Waals surface area contributed by atoms with Crippen molar-refractivity contribution >= 4 is 27.7 Å². The number of rotatable bonds is 5. The van der Waals surface area contributed by atoms with E-state index in [1.165, 1.54) is 4.68 Å². The Morgan fingerprint density at radius 3 is 2.29 bits per heavy atom. The standard InChI is InChI=1S/C24H27N5O2/c1-14(2)20(22-25-18-12-8-9-13-19(18)29(22)15(3)4)26-23(30)21-16-10-6-7-11-17(16)24(31)28(5)27-21/h6-15,20H,1-5H3,(H,26,30)/t20-/m0/s1. The molecular formula is C24H27N5O2. The van der Waals surface area contributed by atoms with Gasteiger partial charge in [-0.25, -0.2) is 9.67 Å². The second kappa shape index (κ2) is 7.98. The average Bonchev–Trinajstić information content (AvgIpc) is 3.13. The highest BCUT2D eigenvalue weighted by atomic mass is 16.2. The normalized spacial score (nSPS) is 12.7. The van der Waals surface area contributed by atoms with Gasteiger partial charge in [0.25, 0.3) is 11.5 Å². The maximum Gasteiger partial charge on any atom is 0.274 e. The van der Waals surface area contributed by atoms with Crippen molar-refractivity contribution in [1.29, 1.82) is 0 Å². The molecule has 0 fully saturated rings. The highest BCUT2D eigenvalue weighted by molar-refractivity contribution is 6.04. The third-order valence-electron chi connectivity index (χ3n) is 5.54. The second-order valence-corrected chi connectivity index (χ2v) is 8.44. The van der Waals surface area contributed by atoms with Crippen molar-refractivity contribution in [3.8, 4) is 0 Å². The molecule has 4 rings (SSSR count). The number of nitrogens with zero attached hydrogens (tertiary/aromatic N) is 4. The highest BCUT2D eigenvalue weighted by Crippen LogP contribution is 2.29. The fourth-order valence-electron chi connectivity index (χ4n) is 4.03. The monoisotopic (exact) mass is 417 g/mol. The highest BCUT2D eigenvalue weighted by Gasteiger charge is 2.27. The van der Waals surface area contributed by atoms with Crippen molar-refractivity contribution in [2.75, 3.05) is 0 Å². The summed E-state index contributed by atoms with van der Waals surface area (Å²) >= 11 is 0. The van der Waals surface area contributed by atoms with Crippen LogP contribution in [0.2, 0.25) is 0 Å². The van der Waals surface area contributed by atoms with Gasteiger partial charge in [0.1, 0.15) is 5.82 Å². The predicted molar refractivity (Wildman–Crippen MR) is 122 cm³/mol. The van der Waals surface area contributed by atoms with E-state index in [-0.39, 0.29) is 35.2 Å². The Balaban J connectivity index is 1.81. The van der Waals surface area contributed by atoms with E-state index in [9.17, 15) is 9.59 Å². The molecule has 0 aliphatic rings. The maximum absolute atomic E-state index is 13.4. The molecule has 31 heavy (non-hydrogen) atoms. The lowest BCUT2D eigenvalue weighted by Crippen LogP contribution is -2.36. The van der Waals surface area contributed by atoms with Gasteiger partial charge < -0.3 is 9.88 Å². The van der Waals surface area contributed by atoms with Crippen molar-refractivity contribution in [2.45, 2.75) is 39.8 Å². The summed E-state index contributed by atoms with van der Waals surface area (Å²) in [5.74, 6) is 0.582. The number of benzene rings is 2. The molecule has 1 amide bonds. The zero-order chi connectivity index (χ0) is 22.3. The van der Waals surface area contributed by atoms with Gasteiger partial charge >= 0.3 is 0 Å². The second-order valence-electron chi connectivity index (χ2n) is 8.44. The molecule has 0 radical (unpaired) electrons. The van der Waals surface area contributed by atoms with E-state index in [2.05, 4.69) is 42.7 Å². The SMILES string of the molecule is CC(C)[C@H](NC(=O)c1nn(C)c(=O)c2ccccc12)c1nc2ccccc2n1C(C)C. The summed E-state index contributed by atoms with van der Waals surface area (Å²) in [4.78, 5) is 30.7.